The Hall–Kier alpha value is -6.90. The maximum Gasteiger partial charge on any atom is 0.0547 e. The van der Waals surface area contributed by atoms with Crippen molar-refractivity contribution in [1.82, 2.24) is 4.57 Å². The van der Waals surface area contributed by atoms with E-state index in [4.69, 9.17) is 0 Å². The van der Waals surface area contributed by atoms with E-state index < -0.39 is 0 Å². The molecule has 0 saturated carbocycles. The molecule has 0 N–H and O–H groups in total. The van der Waals surface area contributed by atoms with E-state index in [0.29, 0.717) is 0 Å². The van der Waals surface area contributed by atoms with Crippen LogP contribution in [-0.4, -0.2) is 4.57 Å². The van der Waals surface area contributed by atoms with Crippen molar-refractivity contribution in [2.24, 2.45) is 0 Å². The second-order valence-electron chi connectivity index (χ2n) is 17.8. The highest BCUT2D eigenvalue weighted by Gasteiger charge is 2.37. The normalized spacial score (nSPS) is 13.3. The van der Waals surface area contributed by atoms with E-state index in [-0.39, 0.29) is 10.8 Å². The van der Waals surface area contributed by atoms with Crippen LogP contribution in [0.3, 0.4) is 0 Å². The molecule has 1 aliphatic rings. The van der Waals surface area contributed by atoms with Crippen LogP contribution in [0.4, 0.5) is 17.1 Å². The van der Waals surface area contributed by atoms with Crippen LogP contribution in [0, 0.1) is 0 Å². The molecule has 0 saturated heterocycles. The molecule has 2 nitrogen and oxygen atoms in total. The maximum absolute atomic E-state index is 2.50. The maximum atomic E-state index is 2.50. The van der Waals surface area contributed by atoms with Crippen LogP contribution in [0.25, 0.3) is 71.3 Å². The van der Waals surface area contributed by atoms with Crippen LogP contribution < -0.4 is 4.90 Å². The standard InChI is InChI=1S/C57H46N2/c1-56(2,3)41-23-27-43(28-24-41)58(42-25-19-38(20-26-42)37-13-7-6-8-14-37)44-29-31-48-49-32-30-45(36-51(49)57(4,5)50(48)35-44)59-52-33-21-39-15-9-11-17-46(39)54(52)55-47-18-12-10-16-40(47)22-34-53(55)59/h6-36H,1-5H3. The highest BCUT2D eigenvalue weighted by molar-refractivity contribution is 6.28. The summed E-state index contributed by atoms with van der Waals surface area (Å²) in [6.07, 6.45) is 0. The summed E-state index contributed by atoms with van der Waals surface area (Å²) in [5.41, 5.74) is 16.0. The molecule has 2 heteroatoms. The first-order valence-electron chi connectivity index (χ1n) is 20.8. The van der Waals surface area contributed by atoms with Gasteiger partial charge in [0, 0.05) is 38.9 Å². The second-order valence-corrected chi connectivity index (χ2v) is 17.8. The van der Waals surface area contributed by atoms with E-state index in [1.54, 1.807) is 0 Å². The zero-order valence-corrected chi connectivity index (χ0v) is 34.3. The van der Waals surface area contributed by atoms with Gasteiger partial charge in [0.25, 0.3) is 0 Å². The number of benzene rings is 9. The van der Waals surface area contributed by atoms with Crippen molar-refractivity contribution in [2.45, 2.75) is 45.4 Å². The molecule has 284 valence electrons. The minimum atomic E-state index is -0.228. The van der Waals surface area contributed by atoms with Gasteiger partial charge in [0.15, 0.2) is 0 Å². The molecule has 0 spiro atoms. The van der Waals surface area contributed by atoms with Crippen molar-refractivity contribution in [3.05, 3.63) is 205 Å². The van der Waals surface area contributed by atoms with Crippen molar-refractivity contribution in [3.8, 4) is 27.9 Å². The Labute approximate surface area is 346 Å². The highest BCUT2D eigenvalue weighted by Crippen LogP contribution is 2.52. The quantitative estimate of drug-likeness (QED) is 0.170. The fourth-order valence-corrected chi connectivity index (χ4v) is 9.81. The molecule has 1 heterocycles. The zero-order chi connectivity index (χ0) is 40.0. The molecule has 1 aliphatic carbocycles. The number of nitrogens with zero attached hydrogens (tertiary/aromatic N) is 2. The number of anilines is 3. The van der Waals surface area contributed by atoms with Crippen LogP contribution in [0.1, 0.15) is 51.3 Å². The fraction of sp³-hybridized carbons (Fsp3) is 0.123. The number of hydrogen-bond donors (Lipinski definition) is 0. The smallest absolute Gasteiger partial charge is 0.0547 e. The van der Waals surface area contributed by atoms with Gasteiger partial charge in [-0.05, 0) is 127 Å². The lowest BCUT2D eigenvalue weighted by Gasteiger charge is -2.29. The Bertz CT molecular complexity index is 3160. The SMILES string of the molecule is CC(C)(C)c1ccc(N(c2ccc(-c3ccccc3)cc2)c2ccc3c(c2)C(C)(C)c2cc(-n4c5ccc6ccccc6c5c5c6ccccc6ccc54)ccc2-3)cc1. The lowest BCUT2D eigenvalue weighted by Crippen LogP contribution is -2.17. The van der Waals surface area contributed by atoms with Gasteiger partial charge < -0.3 is 9.47 Å². The van der Waals surface area contributed by atoms with E-state index in [9.17, 15) is 0 Å². The summed E-state index contributed by atoms with van der Waals surface area (Å²) in [7, 11) is 0. The molecule has 0 atom stereocenters. The van der Waals surface area contributed by atoms with Crippen molar-refractivity contribution < 1.29 is 0 Å². The molecule has 0 unspecified atom stereocenters. The van der Waals surface area contributed by atoms with Crippen LogP contribution in [0.15, 0.2) is 188 Å². The average molecular weight is 759 g/mol. The van der Waals surface area contributed by atoms with Gasteiger partial charge in [0.2, 0.25) is 0 Å². The lowest BCUT2D eigenvalue weighted by molar-refractivity contribution is 0.590. The molecule has 0 bridgehead atoms. The average Bonchev–Trinajstić information content (AvgIpc) is 3.73. The summed E-state index contributed by atoms with van der Waals surface area (Å²) in [6.45, 7) is 11.6. The number of aromatic nitrogens is 1. The molecule has 10 aromatic rings. The molecule has 0 fully saturated rings. The van der Waals surface area contributed by atoms with Gasteiger partial charge in [-0.3, -0.25) is 0 Å². The Kier molecular flexibility index (Phi) is 7.81. The van der Waals surface area contributed by atoms with E-state index >= 15 is 0 Å². The summed E-state index contributed by atoms with van der Waals surface area (Å²) < 4.78 is 2.50. The first kappa shape index (κ1) is 35.3. The Morgan fingerprint density at radius 1 is 0.441 bits per heavy atom. The van der Waals surface area contributed by atoms with Gasteiger partial charge in [-0.15, -0.1) is 0 Å². The summed E-state index contributed by atoms with van der Waals surface area (Å²) in [5.74, 6) is 0. The monoisotopic (exact) mass is 758 g/mol. The van der Waals surface area contributed by atoms with Crippen LogP contribution in [-0.2, 0) is 10.8 Å². The van der Waals surface area contributed by atoms with Gasteiger partial charge in [-0.2, -0.15) is 0 Å². The molecule has 0 radical (unpaired) electrons. The third-order valence-corrected chi connectivity index (χ3v) is 12.9. The third-order valence-electron chi connectivity index (χ3n) is 12.9. The van der Waals surface area contributed by atoms with Gasteiger partial charge in [0.1, 0.15) is 0 Å². The largest absolute Gasteiger partial charge is 0.310 e. The van der Waals surface area contributed by atoms with Gasteiger partial charge in [-0.1, -0.05) is 162 Å². The van der Waals surface area contributed by atoms with E-state index in [1.165, 1.54) is 88.0 Å². The van der Waals surface area contributed by atoms with Crippen molar-refractivity contribution in [1.29, 1.82) is 0 Å². The fourth-order valence-electron chi connectivity index (χ4n) is 9.81. The number of rotatable bonds is 5. The summed E-state index contributed by atoms with van der Waals surface area (Å²) in [4.78, 5) is 2.42. The van der Waals surface area contributed by atoms with Crippen LogP contribution >= 0.6 is 0 Å². The number of hydrogen-bond acceptors (Lipinski definition) is 1. The van der Waals surface area contributed by atoms with Crippen molar-refractivity contribution in [3.63, 3.8) is 0 Å². The van der Waals surface area contributed by atoms with Crippen molar-refractivity contribution >= 4 is 60.4 Å². The molecular formula is C57H46N2. The third kappa shape index (κ3) is 5.54. The Morgan fingerprint density at radius 2 is 0.932 bits per heavy atom. The van der Waals surface area contributed by atoms with E-state index in [0.717, 1.165) is 17.1 Å². The van der Waals surface area contributed by atoms with Crippen LogP contribution in [0.5, 0.6) is 0 Å². The van der Waals surface area contributed by atoms with E-state index in [1.807, 2.05) is 0 Å². The zero-order valence-electron chi connectivity index (χ0n) is 34.3. The summed E-state index contributed by atoms with van der Waals surface area (Å²) in [6, 6.07) is 69.9. The van der Waals surface area contributed by atoms with E-state index in [2.05, 4.69) is 232 Å². The minimum Gasteiger partial charge on any atom is -0.310 e. The van der Waals surface area contributed by atoms with Gasteiger partial charge >= 0.3 is 0 Å². The topological polar surface area (TPSA) is 8.17 Å². The summed E-state index contributed by atoms with van der Waals surface area (Å²) in [5, 5.41) is 7.74. The highest BCUT2D eigenvalue weighted by atomic mass is 15.1. The molecule has 0 aliphatic heterocycles. The molecule has 59 heavy (non-hydrogen) atoms. The Balaban J connectivity index is 1.05. The molecule has 1 aromatic heterocycles. The van der Waals surface area contributed by atoms with Gasteiger partial charge in [-0.25, -0.2) is 0 Å². The number of fused-ring (bicyclic) bond motifs is 10. The van der Waals surface area contributed by atoms with Crippen molar-refractivity contribution in [2.75, 3.05) is 4.90 Å². The van der Waals surface area contributed by atoms with Crippen LogP contribution in [0.2, 0.25) is 0 Å². The molecular weight excluding hydrogens is 713 g/mol. The Morgan fingerprint density at radius 3 is 1.53 bits per heavy atom. The first-order valence-corrected chi connectivity index (χ1v) is 20.8. The second kappa shape index (κ2) is 13.1. The predicted octanol–water partition coefficient (Wildman–Crippen LogP) is 15.8. The van der Waals surface area contributed by atoms with Gasteiger partial charge in [0.05, 0.1) is 11.0 Å². The molecule has 9 aromatic carbocycles. The molecule has 0 amide bonds. The summed E-state index contributed by atoms with van der Waals surface area (Å²) >= 11 is 0. The molecule has 11 rings (SSSR count). The predicted molar refractivity (Wildman–Crippen MR) is 252 cm³/mol. The minimum absolute atomic E-state index is 0.0731. The first-order chi connectivity index (χ1) is 28.6. The lowest BCUT2D eigenvalue weighted by atomic mass is 9.82.